The van der Waals surface area contributed by atoms with Crippen molar-refractivity contribution in [2.45, 2.75) is 13.1 Å². The summed E-state index contributed by atoms with van der Waals surface area (Å²) in [5.74, 6) is -2.56. The summed E-state index contributed by atoms with van der Waals surface area (Å²) in [6.45, 7) is 0.0378. The van der Waals surface area contributed by atoms with E-state index in [0.29, 0.717) is 10.6 Å². The summed E-state index contributed by atoms with van der Waals surface area (Å²) < 4.78 is 29.4. The molecule has 0 fully saturated rings. The van der Waals surface area contributed by atoms with E-state index in [0.717, 1.165) is 12.1 Å². The molecule has 0 saturated carbocycles. The molecule has 132 valence electrons. The van der Waals surface area contributed by atoms with Gasteiger partial charge in [-0.25, -0.2) is 17.9 Å². The van der Waals surface area contributed by atoms with Crippen LogP contribution in [0.1, 0.15) is 20.7 Å². The van der Waals surface area contributed by atoms with E-state index in [2.05, 4.69) is 0 Å². The lowest BCUT2D eigenvalue weighted by Gasteiger charge is -2.00. The van der Waals surface area contributed by atoms with E-state index >= 15 is 0 Å². The van der Waals surface area contributed by atoms with Crippen LogP contribution >= 0.6 is 11.6 Å². The SMILES string of the molecule is O=C(Cn1cc[n+](CC(=O)c2ccc(F)c(F)c2)c1)c1cccc(Cl)c1. The largest absolute Gasteiger partial charge is 0.290 e. The summed E-state index contributed by atoms with van der Waals surface area (Å²) in [6.07, 6.45) is 4.88. The lowest BCUT2D eigenvalue weighted by atomic mass is 10.1. The van der Waals surface area contributed by atoms with Gasteiger partial charge >= 0.3 is 0 Å². The molecule has 0 saturated heterocycles. The molecule has 1 aromatic heterocycles. The molecule has 0 atom stereocenters. The van der Waals surface area contributed by atoms with Crippen LogP contribution < -0.4 is 4.57 Å². The first-order valence-electron chi connectivity index (χ1n) is 7.74. The van der Waals surface area contributed by atoms with E-state index < -0.39 is 11.6 Å². The van der Waals surface area contributed by atoms with Crippen LogP contribution in [0.2, 0.25) is 5.02 Å². The molecule has 0 amide bonds. The number of benzene rings is 2. The molecule has 0 radical (unpaired) electrons. The molecule has 4 nitrogen and oxygen atoms in total. The molecule has 2 aromatic carbocycles. The third kappa shape index (κ3) is 4.21. The van der Waals surface area contributed by atoms with Gasteiger partial charge in [-0.15, -0.1) is 0 Å². The van der Waals surface area contributed by atoms with Crippen molar-refractivity contribution in [3.8, 4) is 0 Å². The van der Waals surface area contributed by atoms with Crippen molar-refractivity contribution in [1.82, 2.24) is 4.57 Å². The van der Waals surface area contributed by atoms with Crippen molar-refractivity contribution in [2.75, 3.05) is 0 Å². The molecular formula is C19H14ClF2N2O2+. The molecule has 26 heavy (non-hydrogen) atoms. The van der Waals surface area contributed by atoms with Crippen LogP contribution in [0, 0.1) is 11.6 Å². The van der Waals surface area contributed by atoms with Crippen molar-refractivity contribution in [1.29, 1.82) is 0 Å². The van der Waals surface area contributed by atoms with Crippen LogP contribution in [-0.2, 0) is 13.1 Å². The third-order valence-corrected chi connectivity index (χ3v) is 4.02. The molecule has 1 heterocycles. The first-order chi connectivity index (χ1) is 12.4. The highest BCUT2D eigenvalue weighted by atomic mass is 35.5. The van der Waals surface area contributed by atoms with Gasteiger partial charge in [-0.1, -0.05) is 23.7 Å². The minimum Gasteiger partial charge on any atom is -0.290 e. The van der Waals surface area contributed by atoms with Crippen molar-refractivity contribution < 1.29 is 22.9 Å². The van der Waals surface area contributed by atoms with Gasteiger partial charge in [0.25, 0.3) is 0 Å². The molecule has 0 spiro atoms. The van der Waals surface area contributed by atoms with Crippen LogP contribution in [0.15, 0.2) is 61.2 Å². The fraction of sp³-hybridized carbons (Fsp3) is 0.105. The van der Waals surface area contributed by atoms with E-state index in [1.807, 2.05) is 0 Å². The fourth-order valence-corrected chi connectivity index (χ4v) is 2.66. The summed E-state index contributed by atoms with van der Waals surface area (Å²) in [5.41, 5.74) is 0.578. The maximum atomic E-state index is 13.2. The number of carbonyl (C=O) groups is 2. The highest BCUT2D eigenvalue weighted by Gasteiger charge is 2.16. The van der Waals surface area contributed by atoms with Crippen molar-refractivity contribution in [3.63, 3.8) is 0 Å². The monoisotopic (exact) mass is 375 g/mol. The first-order valence-corrected chi connectivity index (χ1v) is 8.12. The molecule has 3 aromatic rings. The van der Waals surface area contributed by atoms with Gasteiger partial charge in [-0.3, -0.25) is 9.59 Å². The van der Waals surface area contributed by atoms with Gasteiger partial charge in [-0.05, 0) is 30.3 Å². The molecule has 0 bridgehead atoms. The maximum absolute atomic E-state index is 13.2. The number of carbonyl (C=O) groups excluding carboxylic acids is 2. The number of aromatic nitrogens is 2. The molecule has 3 rings (SSSR count). The van der Waals surface area contributed by atoms with E-state index in [4.69, 9.17) is 11.6 Å². The Bertz CT molecular complexity index is 985. The van der Waals surface area contributed by atoms with Gasteiger partial charge in [-0.2, -0.15) is 0 Å². The number of imidazole rings is 1. The Kier molecular flexibility index (Phi) is 5.23. The smallest absolute Gasteiger partial charge is 0.244 e. The molecule has 7 heteroatoms. The molecule has 0 N–H and O–H groups in total. The van der Waals surface area contributed by atoms with Crippen LogP contribution in [-0.4, -0.2) is 16.1 Å². The average molecular weight is 376 g/mol. The van der Waals surface area contributed by atoms with Crippen molar-refractivity contribution in [2.24, 2.45) is 0 Å². The summed E-state index contributed by atoms with van der Waals surface area (Å²) in [4.78, 5) is 24.4. The molecule has 0 unspecified atom stereocenters. The Morgan fingerprint density at radius 3 is 2.50 bits per heavy atom. The molecule has 0 aliphatic heterocycles. The Balaban J connectivity index is 1.66. The summed E-state index contributed by atoms with van der Waals surface area (Å²) in [7, 11) is 0. The van der Waals surface area contributed by atoms with Gasteiger partial charge in [0.2, 0.25) is 17.9 Å². The van der Waals surface area contributed by atoms with Gasteiger partial charge in [0.05, 0.1) is 0 Å². The fourth-order valence-electron chi connectivity index (χ4n) is 2.47. The highest BCUT2D eigenvalue weighted by Crippen LogP contribution is 2.12. The van der Waals surface area contributed by atoms with Crippen LogP contribution in [0.3, 0.4) is 0 Å². The topological polar surface area (TPSA) is 43.0 Å². The second-order valence-corrected chi connectivity index (χ2v) is 6.18. The summed E-state index contributed by atoms with van der Waals surface area (Å²) in [6, 6.07) is 9.69. The first kappa shape index (κ1) is 17.9. The maximum Gasteiger partial charge on any atom is 0.244 e. The second kappa shape index (κ2) is 7.58. The average Bonchev–Trinajstić information content (AvgIpc) is 3.04. The van der Waals surface area contributed by atoms with Gasteiger partial charge in [0, 0.05) is 16.1 Å². The quantitative estimate of drug-likeness (QED) is 0.489. The zero-order valence-corrected chi connectivity index (χ0v) is 14.3. The van der Waals surface area contributed by atoms with E-state index in [9.17, 15) is 18.4 Å². The summed E-state index contributed by atoms with van der Waals surface area (Å²) >= 11 is 5.88. The van der Waals surface area contributed by atoms with Crippen LogP contribution in [0.4, 0.5) is 8.78 Å². The Morgan fingerprint density at radius 2 is 1.77 bits per heavy atom. The number of halogens is 3. The van der Waals surface area contributed by atoms with Gasteiger partial charge in [0.15, 0.2) is 24.7 Å². The van der Waals surface area contributed by atoms with Crippen LogP contribution in [0.5, 0.6) is 0 Å². The third-order valence-electron chi connectivity index (χ3n) is 3.79. The predicted octanol–water partition coefficient (Wildman–Crippen LogP) is 3.47. The lowest BCUT2D eigenvalue weighted by Crippen LogP contribution is -2.36. The van der Waals surface area contributed by atoms with E-state index in [-0.39, 0.29) is 30.2 Å². The van der Waals surface area contributed by atoms with Crippen molar-refractivity contribution >= 4 is 23.2 Å². The minimum atomic E-state index is -1.06. The van der Waals surface area contributed by atoms with Gasteiger partial charge in [0.1, 0.15) is 12.4 Å². The molecule has 0 aliphatic carbocycles. The number of hydrogen-bond acceptors (Lipinski definition) is 2. The lowest BCUT2D eigenvalue weighted by molar-refractivity contribution is -0.682. The van der Waals surface area contributed by atoms with Crippen molar-refractivity contribution in [3.05, 3.63) is 89.0 Å². The number of rotatable bonds is 6. The van der Waals surface area contributed by atoms with Gasteiger partial charge < -0.3 is 0 Å². The number of Topliss-reactive ketones (excluding diaryl/α,β-unsaturated/α-hetero) is 2. The Hall–Kier alpha value is -2.86. The standard InChI is InChI=1S/C19H14ClF2N2O2/c20-15-3-1-2-13(8-15)18(25)10-23-6-7-24(12-23)11-19(26)14-4-5-16(21)17(22)9-14/h1-9,12H,10-11H2/q+1. The van der Waals surface area contributed by atoms with Crippen LogP contribution in [0.25, 0.3) is 0 Å². The molecular weight excluding hydrogens is 362 g/mol. The van der Waals surface area contributed by atoms with E-state index in [1.54, 1.807) is 52.1 Å². The zero-order chi connectivity index (χ0) is 18.7. The predicted molar refractivity (Wildman–Crippen MR) is 91.1 cm³/mol. The number of hydrogen-bond donors (Lipinski definition) is 0. The molecule has 0 aliphatic rings. The number of ketones is 2. The Labute approximate surface area is 153 Å². The normalized spacial score (nSPS) is 10.7. The number of nitrogens with zero attached hydrogens (tertiary/aromatic N) is 2. The second-order valence-electron chi connectivity index (χ2n) is 5.74. The summed E-state index contributed by atoms with van der Waals surface area (Å²) in [5, 5.41) is 0.482. The highest BCUT2D eigenvalue weighted by molar-refractivity contribution is 6.31. The minimum absolute atomic E-state index is 0.0522. The zero-order valence-electron chi connectivity index (χ0n) is 13.5. The van der Waals surface area contributed by atoms with E-state index in [1.165, 1.54) is 6.07 Å². The Morgan fingerprint density at radius 1 is 1.00 bits per heavy atom.